The molecule has 1 aromatic heterocycles. The maximum atomic E-state index is 4.65. The number of nitrogens with zero attached hydrogens (tertiary/aromatic N) is 2. The summed E-state index contributed by atoms with van der Waals surface area (Å²) in [7, 11) is 0. The van der Waals surface area contributed by atoms with Gasteiger partial charge in [-0.05, 0) is 44.1 Å². The Kier molecular flexibility index (Phi) is 4.49. The van der Waals surface area contributed by atoms with Crippen molar-refractivity contribution >= 4 is 16.7 Å². The minimum absolute atomic E-state index is 0.978. The highest BCUT2D eigenvalue weighted by Gasteiger charge is 2.08. The van der Waals surface area contributed by atoms with Gasteiger partial charge in [-0.3, -0.25) is 0 Å². The van der Waals surface area contributed by atoms with Gasteiger partial charge in [0.25, 0.3) is 0 Å². The molecule has 3 nitrogen and oxygen atoms in total. The zero-order valence-corrected chi connectivity index (χ0v) is 12.0. The summed E-state index contributed by atoms with van der Waals surface area (Å²) >= 11 is 0. The molecule has 3 heteroatoms. The predicted molar refractivity (Wildman–Crippen MR) is 85.1 cm³/mol. The maximum Gasteiger partial charge on any atom is 0.126 e. The molecule has 20 heavy (non-hydrogen) atoms. The molecule has 2 aromatic rings. The highest BCUT2D eigenvalue weighted by Crippen LogP contribution is 2.14. The highest BCUT2D eigenvalue weighted by molar-refractivity contribution is 5.79. The van der Waals surface area contributed by atoms with Gasteiger partial charge in [-0.1, -0.05) is 31.0 Å². The molecular weight excluding hydrogens is 246 g/mol. The molecule has 3 rings (SSSR count). The minimum Gasteiger partial charge on any atom is -0.369 e. The third kappa shape index (κ3) is 3.48. The summed E-state index contributed by atoms with van der Waals surface area (Å²) in [5, 5.41) is 4.65. The summed E-state index contributed by atoms with van der Waals surface area (Å²) in [6, 6.07) is 12.5. The molecule has 106 valence electrons. The number of pyridine rings is 1. The Morgan fingerprint density at radius 1 is 0.950 bits per heavy atom. The number of anilines is 1. The fourth-order valence-corrected chi connectivity index (χ4v) is 2.87. The molecule has 0 atom stereocenters. The molecule has 0 unspecified atom stereocenters. The fourth-order valence-electron chi connectivity index (χ4n) is 2.87. The van der Waals surface area contributed by atoms with Crippen LogP contribution < -0.4 is 5.32 Å². The van der Waals surface area contributed by atoms with Gasteiger partial charge in [0.2, 0.25) is 0 Å². The molecule has 1 aliphatic rings. The van der Waals surface area contributed by atoms with Crippen LogP contribution in [0.25, 0.3) is 10.9 Å². The van der Waals surface area contributed by atoms with Gasteiger partial charge in [0.1, 0.15) is 5.82 Å². The number of nitrogens with one attached hydrogen (secondary N) is 1. The Balaban J connectivity index is 1.54. The van der Waals surface area contributed by atoms with Crippen molar-refractivity contribution in [3.05, 3.63) is 36.4 Å². The van der Waals surface area contributed by atoms with Gasteiger partial charge in [0.15, 0.2) is 0 Å². The monoisotopic (exact) mass is 269 g/mol. The van der Waals surface area contributed by atoms with Crippen molar-refractivity contribution in [2.24, 2.45) is 0 Å². The number of para-hydroxylation sites is 1. The third-order valence-corrected chi connectivity index (χ3v) is 4.03. The Bertz CT molecular complexity index is 545. The number of rotatable bonds is 4. The Morgan fingerprint density at radius 2 is 1.75 bits per heavy atom. The molecule has 1 fully saturated rings. The molecular formula is C17H23N3. The SMILES string of the molecule is c1ccc2nc(NCCN3CCCCCC3)ccc2c1. The van der Waals surface area contributed by atoms with Crippen LogP contribution in [-0.4, -0.2) is 36.1 Å². The summed E-state index contributed by atoms with van der Waals surface area (Å²) in [4.78, 5) is 7.22. The summed E-state index contributed by atoms with van der Waals surface area (Å²) in [5.74, 6) is 0.985. The van der Waals surface area contributed by atoms with E-state index in [9.17, 15) is 0 Å². The van der Waals surface area contributed by atoms with Crippen LogP contribution >= 0.6 is 0 Å². The van der Waals surface area contributed by atoms with E-state index in [1.807, 2.05) is 6.07 Å². The Hall–Kier alpha value is -1.61. The standard InChI is InChI=1S/C17H23N3/c1-2-6-13-20(12-5-1)14-11-18-17-10-9-15-7-3-4-8-16(15)19-17/h3-4,7-10H,1-2,5-6,11-14H2,(H,18,19). The van der Waals surface area contributed by atoms with Gasteiger partial charge in [-0.25, -0.2) is 4.98 Å². The number of likely N-dealkylation sites (tertiary alicyclic amines) is 1. The van der Waals surface area contributed by atoms with Crippen LogP contribution in [0.5, 0.6) is 0 Å². The van der Waals surface area contributed by atoms with Crippen LogP contribution in [0.3, 0.4) is 0 Å². The van der Waals surface area contributed by atoms with E-state index in [2.05, 4.69) is 45.5 Å². The molecule has 1 aliphatic heterocycles. The fraction of sp³-hybridized carbons (Fsp3) is 0.471. The quantitative estimate of drug-likeness (QED) is 0.920. The van der Waals surface area contributed by atoms with Crippen LogP contribution in [0.2, 0.25) is 0 Å². The van der Waals surface area contributed by atoms with Crippen LogP contribution in [-0.2, 0) is 0 Å². The maximum absolute atomic E-state index is 4.65. The van der Waals surface area contributed by atoms with Gasteiger partial charge >= 0.3 is 0 Å². The lowest BCUT2D eigenvalue weighted by Crippen LogP contribution is -2.30. The van der Waals surface area contributed by atoms with Crippen LogP contribution in [0, 0.1) is 0 Å². The summed E-state index contributed by atoms with van der Waals surface area (Å²) in [5.41, 5.74) is 1.06. The Labute approximate surface area is 121 Å². The summed E-state index contributed by atoms with van der Waals surface area (Å²) in [6.45, 7) is 4.61. The first-order valence-electron chi connectivity index (χ1n) is 7.74. The van der Waals surface area contributed by atoms with E-state index >= 15 is 0 Å². The van der Waals surface area contributed by atoms with Crippen molar-refractivity contribution in [2.75, 3.05) is 31.5 Å². The second-order valence-corrected chi connectivity index (χ2v) is 5.57. The lowest BCUT2D eigenvalue weighted by molar-refractivity contribution is 0.296. The number of fused-ring (bicyclic) bond motifs is 1. The largest absolute Gasteiger partial charge is 0.369 e. The van der Waals surface area contributed by atoms with E-state index in [0.29, 0.717) is 0 Å². The normalized spacial score (nSPS) is 17.0. The number of hydrogen-bond donors (Lipinski definition) is 1. The number of hydrogen-bond acceptors (Lipinski definition) is 3. The van der Waals surface area contributed by atoms with E-state index in [1.165, 1.54) is 44.2 Å². The zero-order valence-electron chi connectivity index (χ0n) is 12.0. The van der Waals surface area contributed by atoms with Crippen molar-refractivity contribution < 1.29 is 0 Å². The molecule has 0 amide bonds. The zero-order chi connectivity index (χ0) is 13.6. The third-order valence-electron chi connectivity index (χ3n) is 4.03. The summed E-state index contributed by atoms with van der Waals surface area (Å²) < 4.78 is 0. The van der Waals surface area contributed by atoms with E-state index < -0.39 is 0 Å². The van der Waals surface area contributed by atoms with Crippen molar-refractivity contribution in [3.63, 3.8) is 0 Å². The molecule has 1 N–H and O–H groups in total. The van der Waals surface area contributed by atoms with Crippen molar-refractivity contribution in [1.82, 2.24) is 9.88 Å². The molecule has 0 saturated carbocycles. The Morgan fingerprint density at radius 3 is 2.60 bits per heavy atom. The molecule has 2 heterocycles. The predicted octanol–water partition coefficient (Wildman–Crippen LogP) is 3.52. The lowest BCUT2D eigenvalue weighted by atomic mass is 10.2. The number of benzene rings is 1. The van der Waals surface area contributed by atoms with E-state index in [4.69, 9.17) is 0 Å². The average Bonchev–Trinajstić information content (AvgIpc) is 2.76. The topological polar surface area (TPSA) is 28.2 Å². The van der Waals surface area contributed by atoms with Crippen LogP contribution in [0.15, 0.2) is 36.4 Å². The van der Waals surface area contributed by atoms with Gasteiger partial charge in [-0.15, -0.1) is 0 Å². The van der Waals surface area contributed by atoms with Gasteiger partial charge < -0.3 is 10.2 Å². The first kappa shape index (κ1) is 13.4. The highest BCUT2D eigenvalue weighted by atomic mass is 15.1. The summed E-state index contributed by atoms with van der Waals surface area (Å²) in [6.07, 6.45) is 5.51. The van der Waals surface area contributed by atoms with E-state index in [0.717, 1.165) is 24.4 Å². The average molecular weight is 269 g/mol. The van der Waals surface area contributed by atoms with Gasteiger partial charge in [0, 0.05) is 18.5 Å². The molecule has 0 spiro atoms. The molecule has 0 radical (unpaired) electrons. The smallest absolute Gasteiger partial charge is 0.126 e. The minimum atomic E-state index is 0.978. The number of aromatic nitrogens is 1. The molecule has 1 aromatic carbocycles. The lowest BCUT2D eigenvalue weighted by Gasteiger charge is -2.19. The van der Waals surface area contributed by atoms with Gasteiger partial charge in [0.05, 0.1) is 5.52 Å². The van der Waals surface area contributed by atoms with Crippen molar-refractivity contribution in [2.45, 2.75) is 25.7 Å². The first-order valence-corrected chi connectivity index (χ1v) is 7.74. The molecule has 1 saturated heterocycles. The van der Waals surface area contributed by atoms with E-state index in [1.54, 1.807) is 0 Å². The van der Waals surface area contributed by atoms with Crippen molar-refractivity contribution in [1.29, 1.82) is 0 Å². The van der Waals surface area contributed by atoms with E-state index in [-0.39, 0.29) is 0 Å². The first-order chi connectivity index (χ1) is 9.92. The molecule has 0 aliphatic carbocycles. The second kappa shape index (κ2) is 6.71. The van der Waals surface area contributed by atoms with Crippen molar-refractivity contribution in [3.8, 4) is 0 Å². The van der Waals surface area contributed by atoms with Gasteiger partial charge in [-0.2, -0.15) is 0 Å². The van der Waals surface area contributed by atoms with Crippen LogP contribution in [0.1, 0.15) is 25.7 Å². The van der Waals surface area contributed by atoms with Crippen LogP contribution in [0.4, 0.5) is 5.82 Å². The second-order valence-electron chi connectivity index (χ2n) is 5.57. The molecule has 0 bridgehead atoms.